The third-order valence-electron chi connectivity index (χ3n) is 5.72. The molecular formula is C17H31NO2. The van der Waals surface area contributed by atoms with Crippen LogP contribution in [0.2, 0.25) is 0 Å². The van der Waals surface area contributed by atoms with Crippen LogP contribution in [0.4, 0.5) is 0 Å². The van der Waals surface area contributed by atoms with Crippen LogP contribution in [0.1, 0.15) is 72.1 Å². The van der Waals surface area contributed by atoms with Crippen LogP contribution in [-0.4, -0.2) is 34.6 Å². The third-order valence-corrected chi connectivity index (χ3v) is 5.72. The average molecular weight is 281 g/mol. The van der Waals surface area contributed by atoms with Crippen molar-refractivity contribution in [3.05, 3.63) is 0 Å². The van der Waals surface area contributed by atoms with Gasteiger partial charge in [0.2, 0.25) is 0 Å². The highest BCUT2D eigenvalue weighted by Gasteiger charge is 2.54. The van der Waals surface area contributed by atoms with Gasteiger partial charge >= 0.3 is 5.97 Å². The van der Waals surface area contributed by atoms with Crippen molar-refractivity contribution in [1.82, 2.24) is 4.90 Å². The summed E-state index contributed by atoms with van der Waals surface area (Å²) < 4.78 is 0. The normalized spacial score (nSPS) is 33.6. The van der Waals surface area contributed by atoms with E-state index in [1.807, 2.05) is 0 Å². The van der Waals surface area contributed by atoms with Gasteiger partial charge in [-0.25, -0.2) is 0 Å². The molecule has 1 heterocycles. The third kappa shape index (κ3) is 2.74. The maximum absolute atomic E-state index is 11.9. The molecular weight excluding hydrogens is 250 g/mol. The maximum Gasteiger partial charge on any atom is 0.324 e. The zero-order chi connectivity index (χ0) is 14.8. The Morgan fingerprint density at radius 1 is 1.15 bits per heavy atom. The molecule has 2 aliphatic rings. The van der Waals surface area contributed by atoms with Crippen molar-refractivity contribution in [3.8, 4) is 0 Å². The highest BCUT2D eigenvalue weighted by molar-refractivity contribution is 5.79. The van der Waals surface area contributed by atoms with E-state index < -0.39 is 11.5 Å². The number of likely N-dealkylation sites (tertiary alicyclic amines) is 1. The Bertz CT molecular complexity index is 331. The summed E-state index contributed by atoms with van der Waals surface area (Å²) in [6.07, 6.45) is 8.76. The molecule has 0 atom stereocenters. The van der Waals surface area contributed by atoms with Crippen LogP contribution in [0.25, 0.3) is 0 Å². The van der Waals surface area contributed by atoms with Gasteiger partial charge in [0.1, 0.15) is 5.54 Å². The molecule has 1 saturated heterocycles. The van der Waals surface area contributed by atoms with E-state index in [4.69, 9.17) is 0 Å². The zero-order valence-corrected chi connectivity index (χ0v) is 13.5. The van der Waals surface area contributed by atoms with Crippen LogP contribution in [0.5, 0.6) is 0 Å². The van der Waals surface area contributed by atoms with Gasteiger partial charge in [0, 0.05) is 13.1 Å². The molecule has 0 unspecified atom stereocenters. The predicted octanol–water partition coefficient (Wildman–Crippen LogP) is 3.92. The molecule has 0 amide bonds. The fourth-order valence-electron chi connectivity index (χ4n) is 4.47. The number of nitrogens with zero attached hydrogens (tertiary/aromatic N) is 1. The van der Waals surface area contributed by atoms with Crippen LogP contribution < -0.4 is 0 Å². The summed E-state index contributed by atoms with van der Waals surface area (Å²) in [5.74, 6) is 0.116. The molecule has 3 nitrogen and oxygen atoms in total. The Morgan fingerprint density at radius 2 is 1.65 bits per heavy atom. The number of carboxylic acid groups (broad SMARTS) is 1. The molecule has 2 rings (SSSR count). The number of carbonyl (C=O) groups is 1. The second-order valence-electron chi connectivity index (χ2n) is 7.38. The van der Waals surface area contributed by atoms with Gasteiger partial charge in [-0.3, -0.25) is 9.69 Å². The minimum atomic E-state index is -0.578. The van der Waals surface area contributed by atoms with Crippen LogP contribution in [0, 0.1) is 11.3 Å². The van der Waals surface area contributed by atoms with Gasteiger partial charge in [-0.1, -0.05) is 33.6 Å². The van der Waals surface area contributed by atoms with E-state index in [1.165, 1.54) is 25.7 Å². The van der Waals surface area contributed by atoms with E-state index in [9.17, 15) is 9.90 Å². The highest BCUT2D eigenvalue weighted by atomic mass is 16.4. The van der Waals surface area contributed by atoms with Gasteiger partial charge in [0.25, 0.3) is 0 Å². The number of rotatable bonds is 6. The van der Waals surface area contributed by atoms with Crippen molar-refractivity contribution >= 4 is 5.97 Å². The van der Waals surface area contributed by atoms with Crippen LogP contribution in [-0.2, 0) is 4.79 Å². The smallest absolute Gasteiger partial charge is 0.324 e. The molecule has 1 saturated carbocycles. The summed E-state index contributed by atoms with van der Waals surface area (Å²) in [6.45, 7) is 8.76. The minimum Gasteiger partial charge on any atom is -0.480 e. The van der Waals surface area contributed by atoms with Gasteiger partial charge in [0.05, 0.1) is 0 Å². The van der Waals surface area contributed by atoms with Crippen molar-refractivity contribution < 1.29 is 9.90 Å². The Hall–Kier alpha value is -0.570. The Morgan fingerprint density at radius 3 is 2.05 bits per heavy atom. The van der Waals surface area contributed by atoms with Crippen LogP contribution in [0.15, 0.2) is 0 Å². The second-order valence-corrected chi connectivity index (χ2v) is 7.38. The molecule has 2 fully saturated rings. The van der Waals surface area contributed by atoms with Gasteiger partial charge < -0.3 is 5.11 Å². The maximum atomic E-state index is 11.9. The molecule has 0 bridgehead atoms. The van der Waals surface area contributed by atoms with E-state index in [1.54, 1.807) is 0 Å². The first-order chi connectivity index (χ1) is 9.48. The Balaban J connectivity index is 2.05. The molecule has 1 N–H and O–H groups in total. The molecule has 1 aliphatic heterocycles. The largest absolute Gasteiger partial charge is 0.480 e. The lowest BCUT2D eigenvalue weighted by Crippen LogP contribution is -2.68. The van der Waals surface area contributed by atoms with Gasteiger partial charge in [-0.2, -0.15) is 0 Å². The summed E-state index contributed by atoms with van der Waals surface area (Å²) in [7, 11) is 0. The van der Waals surface area contributed by atoms with Crippen molar-refractivity contribution in [2.45, 2.75) is 77.7 Å². The van der Waals surface area contributed by atoms with Gasteiger partial charge in [0.15, 0.2) is 0 Å². The molecule has 0 radical (unpaired) electrons. The molecule has 0 spiro atoms. The van der Waals surface area contributed by atoms with Gasteiger partial charge in [-0.05, 0) is 49.9 Å². The first-order valence-electron chi connectivity index (χ1n) is 8.46. The molecule has 1 aliphatic carbocycles. The first kappa shape index (κ1) is 15.8. The molecule has 0 aromatic rings. The first-order valence-corrected chi connectivity index (χ1v) is 8.46. The van der Waals surface area contributed by atoms with Crippen molar-refractivity contribution in [2.24, 2.45) is 11.3 Å². The Labute approximate surface area is 123 Å². The van der Waals surface area contributed by atoms with Crippen molar-refractivity contribution in [1.29, 1.82) is 0 Å². The standard InChI is InChI=1S/C17H31NO2/c1-4-8-16(9-5-2)12-18(13-16)17(15(19)20)10-6-14(3)7-11-17/h14H,4-13H2,1-3H3,(H,19,20). The fourth-order valence-corrected chi connectivity index (χ4v) is 4.47. The fraction of sp³-hybridized carbons (Fsp3) is 0.941. The summed E-state index contributed by atoms with van der Waals surface area (Å²) in [5, 5.41) is 9.80. The van der Waals surface area contributed by atoms with E-state index in [0.29, 0.717) is 11.3 Å². The van der Waals surface area contributed by atoms with Crippen molar-refractivity contribution in [2.75, 3.05) is 13.1 Å². The molecule has 3 heteroatoms. The lowest BCUT2D eigenvalue weighted by molar-refractivity contribution is -0.170. The van der Waals surface area contributed by atoms with E-state index in [0.717, 1.165) is 38.8 Å². The van der Waals surface area contributed by atoms with Crippen LogP contribution >= 0.6 is 0 Å². The molecule has 20 heavy (non-hydrogen) atoms. The lowest BCUT2D eigenvalue weighted by Gasteiger charge is -2.58. The van der Waals surface area contributed by atoms with E-state index in [2.05, 4.69) is 25.7 Å². The van der Waals surface area contributed by atoms with Crippen molar-refractivity contribution in [3.63, 3.8) is 0 Å². The quantitative estimate of drug-likeness (QED) is 0.802. The number of hydrogen-bond acceptors (Lipinski definition) is 2. The number of carboxylic acids is 1. The Kier molecular flexibility index (Phi) is 4.78. The van der Waals surface area contributed by atoms with E-state index >= 15 is 0 Å². The molecule has 0 aromatic carbocycles. The van der Waals surface area contributed by atoms with Gasteiger partial charge in [-0.15, -0.1) is 0 Å². The minimum absolute atomic E-state index is 0.412. The topological polar surface area (TPSA) is 40.5 Å². The molecule has 116 valence electrons. The van der Waals surface area contributed by atoms with Crippen LogP contribution in [0.3, 0.4) is 0 Å². The van der Waals surface area contributed by atoms with E-state index in [-0.39, 0.29) is 0 Å². The SMILES string of the molecule is CCCC1(CCC)CN(C2(C(=O)O)CCC(C)CC2)C1. The number of aliphatic carboxylic acids is 1. The predicted molar refractivity (Wildman–Crippen MR) is 81.8 cm³/mol. The summed E-state index contributed by atoms with van der Waals surface area (Å²) in [5.41, 5.74) is -0.132. The zero-order valence-electron chi connectivity index (χ0n) is 13.5. The monoisotopic (exact) mass is 281 g/mol. The average Bonchev–Trinajstić information content (AvgIpc) is 2.37. The number of hydrogen-bond donors (Lipinski definition) is 1. The molecule has 0 aromatic heterocycles. The lowest BCUT2D eigenvalue weighted by atomic mass is 9.67. The summed E-state index contributed by atoms with van der Waals surface area (Å²) in [4.78, 5) is 14.2. The second kappa shape index (κ2) is 6.05. The summed E-state index contributed by atoms with van der Waals surface area (Å²) in [6, 6.07) is 0. The highest BCUT2D eigenvalue weighted by Crippen LogP contribution is 2.47. The summed E-state index contributed by atoms with van der Waals surface area (Å²) >= 11 is 0.